The average Bonchev–Trinajstić information content (AvgIpc) is 2.70. The summed E-state index contributed by atoms with van der Waals surface area (Å²) in [6.45, 7) is 10.7. The standard InChI is InChI=1S/C25H49NO4/c1-6-7-8-9-10-11-12-13-14-15-16-17-18-19-29-24(27)23(22(4)5)26-25(28)30-20-21(2)3/h21-23H,6-20H2,1-5H3,(H,26,28). The molecule has 1 atom stereocenters. The molecular weight excluding hydrogens is 378 g/mol. The minimum atomic E-state index is -0.661. The molecule has 178 valence electrons. The molecule has 0 fully saturated rings. The fourth-order valence-corrected chi connectivity index (χ4v) is 3.29. The maximum absolute atomic E-state index is 12.3. The van der Waals surface area contributed by atoms with Gasteiger partial charge in [-0.3, -0.25) is 0 Å². The number of nitrogens with one attached hydrogen (secondary N) is 1. The fraction of sp³-hybridized carbons (Fsp3) is 0.920. The molecule has 5 heteroatoms. The van der Waals surface area contributed by atoms with Gasteiger partial charge in [-0.1, -0.05) is 112 Å². The van der Waals surface area contributed by atoms with Crippen molar-refractivity contribution in [2.75, 3.05) is 13.2 Å². The van der Waals surface area contributed by atoms with Crippen LogP contribution in [0.4, 0.5) is 4.79 Å². The molecule has 0 rings (SSSR count). The van der Waals surface area contributed by atoms with Gasteiger partial charge in [-0.25, -0.2) is 9.59 Å². The van der Waals surface area contributed by atoms with Crippen molar-refractivity contribution >= 4 is 12.1 Å². The first-order valence-corrected chi connectivity index (χ1v) is 12.5. The van der Waals surface area contributed by atoms with Gasteiger partial charge in [-0.05, 0) is 18.3 Å². The van der Waals surface area contributed by atoms with Crippen LogP contribution in [-0.2, 0) is 14.3 Å². The smallest absolute Gasteiger partial charge is 0.407 e. The van der Waals surface area contributed by atoms with Gasteiger partial charge in [0.2, 0.25) is 0 Å². The van der Waals surface area contributed by atoms with Gasteiger partial charge in [0, 0.05) is 0 Å². The highest BCUT2D eigenvalue weighted by Crippen LogP contribution is 2.13. The van der Waals surface area contributed by atoms with Crippen molar-refractivity contribution < 1.29 is 19.1 Å². The lowest BCUT2D eigenvalue weighted by molar-refractivity contribution is -0.147. The van der Waals surface area contributed by atoms with Crippen molar-refractivity contribution in [2.24, 2.45) is 11.8 Å². The van der Waals surface area contributed by atoms with E-state index >= 15 is 0 Å². The molecule has 1 amide bonds. The van der Waals surface area contributed by atoms with E-state index in [-0.39, 0.29) is 17.8 Å². The third-order valence-electron chi connectivity index (χ3n) is 5.23. The molecule has 0 heterocycles. The number of carbonyl (C=O) groups is 2. The van der Waals surface area contributed by atoms with Crippen molar-refractivity contribution in [1.82, 2.24) is 5.32 Å². The monoisotopic (exact) mass is 427 g/mol. The summed E-state index contributed by atoms with van der Waals surface area (Å²) in [5.41, 5.74) is 0. The molecule has 0 saturated heterocycles. The molecule has 0 spiro atoms. The van der Waals surface area contributed by atoms with Crippen LogP contribution in [0.25, 0.3) is 0 Å². The molecule has 0 aromatic heterocycles. The number of hydrogen-bond acceptors (Lipinski definition) is 4. The maximum atomic E-state index is 12.3. The van der Waals surface area contributed by atoms with E-state index in [2.05, 4.69) is 12.2 Å². The minimum Gasteiger partial charge on any atom is -0.464 e. The van der Waals surface area contributed by atoms with E-state index < -0.39 is 12.1 Å². The predicted molar refractivity (Wildman–Crippen MR) is 125 cm³/mol. The normalized spacial score (nSPS) is 12.2. The predicted octanol–water partition coefficient (Wildman–Crippen LogP) is 7.03. The molecule has 0 saturated carbocycles. The van der Waals surface area contributed by atoms with Crippen molar-refractivity contribution in [3.05, 3.63) is 0 Å². The van der Waals surface area contributed by atoms with Crippen LogP contribution in [0.3, 0.4) is 0 Å². The second-order valence-corrected chi connectivity index (χ2v) is 9.27. The largest absolute Gasteiger partial charge is 0.464 e. The number of rotatable bonds is 19. The minimum absolute atomic E-state index is 0.0456. The van der Waals surface area contributed by atoms with Crippen LogP contribution < -0.4 is 5.32 Å². The molecule has 1 unspecified atom stereocenters. The first-order chi connectivity index (χ1) is 14.4. The summed E-state index contributed by atoms with van der Waals surface area (Å²) in [6.07, 6.45) is 16.2. The Kier molecular flexibility index (Phi) is 18.9. The van der Waals surface area contributed by atoms with Gasteiger partial charge in [0.15, 0.2) is 0 Å². The molecule has 1 N–H and O–H groups in total. The molecule has 0 radical (unpaired) electrons. The molecule has 0 aromatic carbocycles. The van der Waals surface area contributed by atoms with Crippen LogP contribution in [-0.4, -0.2) is 31.3 Å². The number of alkyl carbamates (subject to hydrolysis) is 1. The summed E-state index contributed by atoms with van der Waals surface area (Å²) in [6, 6.07) is -0.661. The van der Waals surface area contributed by atoms with Gasteiger partial charge in [-0.2, -0.15) is 0 Å². The number of ether oxygens (including phenoxy) is 2. The van der Waals surface area contributed by atoms with E-state index in [9.17, 15) is 9.59 Å². The van der Waals surface area contributed by atoms with Crippen LogP contribution in [0, 0.1) is 11.8 Å². The van der Waals surface area contributed by atoms with Crippen LogP contribution in [0.1, 0.15) is 118 Å². The Morgan fingerprint density at radius 1 is 0.700 bits per heavy atom. The fourth-order valence-electron chi connectivity index (χ4n) is 3.29. The van der Waals surface area contributed by atoms with Gasteiger partial charge in [0.25, 0.3) is 0 Å². The Morgan fingerprint density at radius 3 is 1.60 bits per heavy atom. The quantitative estimate of drug-likeness (QED) is 0.177. The number of amides is 1. The number of unbranched alkanes of at least 4 members (excludes halogenated alkanes) is 12. The Hall–Kier alpha value is -1.26. The SMILES string of the molecule is CCCCCCCCCCCCCCCOC(=O)C(NC(=O)OCC(C)C)C(C)C. The topological polar surface area (TPSA) is 64.6 Å². The lowest BCUT2D eigenvalue weighted by atomic mass is 10.0. The zero-order valence-electron chi connectivity index (χ0n) is 20.5. The second kappa shape index (κ2) is 19.7. The highest BCUT2D eigenvalue weighted by molar-refractivity contribution is 5.81. The second-order valence-electron chi connectivity index (χ2n) is 9.27. The average molecular weight is 428 g/mol. The Balaban J connectivity index is 3.68. The highest BCUT2D eigenvalue weighted by atomic mass is 16.6. The van der Waals surface area contributed by atoms with E-state index in [4.69, 9.17) is 9.47 Å². The van der Waals surface area contributed by atoms with Gasteiger partial charge in [0.1, 0.15) is 6.04 Å². The van der Waals surface area contributed by atoms with E-state index in [0.29, 0.717) is 13.2 Å². The molecule has 5 nitrogen and oxygen atoms in total. The van der Waals surface area contributed by atoms with Crippen molar-refractivity contribution in [3.8, 4) is 0 Å². The van der Waals surface area contributed by atoms with Gasteiger partial charge in [0.05, 0.1) is 13.2 Å². The number of hydrogen-bond donors (Lipinski definition) is 1. The Morgan fingerprint density at radius 2 is 1.17 bits per heavy atom. The first kappa shape index (κ1) is 28.7. The summed E-state index contributed by atoms with van der Waals surface area (Å²) in [5.74, 6) is -0.156. The lowest BCUT2D eigenvalue weighted by Gasteiger charge is -2.21. The van der Waals surface area contributed by atoms with Crippen molar-refractivity contribution in [3.63, 3.8) is 0 Å². The zero-order valence-corrected chi connectivity index (χ0v) is 20.5. The molecule has 0 aliphatic heterocycles. The number of esters is 1. The maximum Gasteiger partial charge on any atom is 0.407 e. The summed E-state index contributed by atoms with van der Waals surface area (Å²) in [5, 5.41) is 2.64. The Bertz CT molecular complexity index is 423. The molecule has 0 bridgehead atoms. The zero-order chi connectivity index (χ0) is 22.6. The molecule has 0 aliphatic rings. The van der Waals surface area contributed by atoms with Crippen LogP contribution in [0.15, 0.2) is 0 Å². The van der Waals surface area contributed by atoms with Crippen LogP contribution in [0.5, 0.6) is 0 Å². The first-order valence-electron chi connectivity index (χ1n) is 12.5. The van der Waals surface area contributed by atoms with E-state index in [1.807, 2.05) is 27.7 Å². The van der Waals surface area contributed by atoms with Crippen molar-refractivity contribution in [2.45, 2.75) is 124 Å². The number of carbonyl (C=O) groups excluding carboxylic acids is 2. The van der Waals surface area contributed by atoms with E-state index in [1.165, 1.54) is 70.6 Å². The molecule has 0 aliphatic carbocycles. The summed E-state index contributed by atoms with van der Waals surface area (Å²) >= 11 is 0. The van der Waals surface area contributed by atoms with Crippen LogP contribution >= 0.6 is 0 Å². The molecular formula is C25H49NO4. The summed E-state index contributed by atoms with van der Waals surface area (Å²) in [4.78, 5) is 24.1. The highest BCUT2D eigenvalue weighted by Gasteiger charge is 2.26. The van der Waals surface area contributed by atoms with Crippen LogP contribution in [0.2, 0.25) is 0 Å². The lowest BCUT2D eigenvalue weighted by Crippen LogP contribution is -2.45. The van der Waals surface area contributed by atoms with Gasteiger partial charge < -0.3 is 14.8 Å². The third kappa shape index (κ3) is 17.6. The molecule has 0 aromatic rings. The van der Waals surface area contributed by atoms with Crippen molar-refractivity contribution in [1.29, 1.82) is 0 Å². The van der Waals surface area contributed by atoms with Gasteiger partial charge >= 0.3 is 12.1 Å². The summed E-state index contributed by atoms with van der Waals surface area (Å²) in [7, 11) is 0. The molecule has 30 heavy (non-hydrogen) atoms. The Labute approximate surface area is 186 Å². The summed E-state index contributed by atoms with van der Waals surface area (Å²) < 4.78 is 10.5. The van der Waals surface area contributed by atoms with E-state index in [1.54, 1.807) is 0 Å². The van der Waals surface area contributed by atoms with E-state index in [0.717, 1.165) is 12.8 Å². The third-order valence-corrected chi connectivity index (χ3v) is 5.23. The van der Waals surface area contributed by atoms with Gasteiger partial charge in [-0.15, -0.1) is 0 Å².